The van der Waals surface area contributed by atoms with Crippen LogP contribution in [0.2, 0.25) is 12.1 Å². The van der Waals surface area contributed by atoms with Crippen LogP contribution in [0, 0.1) is 5.41 Å². The van der Waals surface area contributed by atoms with E-state index >= 15 is 0 Å². The van der Waals surface area contributed by atoms with Crippen LogP contribution in [-0.4, -0.2) is 37.8 Å². The molecule has 0 aromatic rings. The molecular formula is C16H26O5Si. The van der Waals surface area contributed by atoms with Gasteiger partial charge in [0.2, 0.25) is 0 Å². The van der Waals surface area contributed by atoms with E-state index in [1.165, 1.54) is 56.5 Å². The first kappa shape index (κ1) is 18.6. The molecule has 1 aliphatic heterocycles. The van der Waals surface area contributed by atoms with Crippen molar-refractivity contribution < 1.29 is 24.2 Å². The van der Waals surface area contributed by atoms with Crippen LogP contribution in [-0.2, 0) is 14.0 Å². The van der Waals surface area contributed by atoms with Crippen LogP contribution in [0.4, 0.5) is 0 Å². The summed E-state index contributed by atoms with van der Waals surface area (Å²) in [5, 5.41) is 17.5. The van der Waals surface area contributed by atoms with E-state index in [-0.39, 0.29) is 12.0 Å². The van der Waals surface area contributed by atoms with E-state index in [9.17, 15) is 9.59 Å². The van der Waals surface area contributed by atoms with Gasteiger partial charge in [0.05, 0.1) is 5.41 Å². The molecule has 1 heterocycles. The zero-order valence-corrected chi connectivity index (χ0v) is 14.5. The second-order valence-corrected chi connectivity index (χ2v) is 8.76. The Morgan fingerprint density at radius 2 is 1.95 bits per heavy atom. The molecule has 22 heavy (non-hydrogen) atoms. The van der Waals surface area contributed by atoms with Crippen LogP contribution in [0.3, 0.4) is 0 Å². The van der Waals surface area contributed by atoms with Crippen molar-refractivity contribution in [1.82, 2.24) is 0 Å². The number of allylic oxidation sites excluding steroid dienone is 2. The molecule has 0 spiro atoms. The Kier molecular flexibility index (Phi) is 7.54. The van der Waals surface area contributed by atoms with Crippen molar-refractivity contribution in [2.75, 3.05) is 6.61 Å². The molecule has 1 aliphatic carbocycles. The first-order valence-electron chi connectivity index (χ1n) is 7.85. The lowest BCUT2D eigenvalue weighted by Gasteiger charge is -2.23. The van der Waals surface area contributed by atoms with E-state index in [0.29, 0.717) is 0 Å². The molecule has 0 radical (unpaired) electrons. The van der Waals surface area contributed by atoms with Gasteiger partial charge < -0.3 is 14.6 Å². The van der Waals surface area contributed by atoms with Gasteiger partial charge in [0.15, 0.2) is 9.04 Å². The molecule has 2 N–H and O–H groups in total. The first-order valence-corrected chi connectivity index (χ1v) is 9.96. The van der Waals surface area contributed by atoms with Gasteiger partial charge in [0, 0.05) is 12.2 Å². The maximum Gasteiger partial charge on any atom is 0.331 e. The van der Waals surface area contributed by atoms with Gasteiger partial charge in [0.1, 0.15) is 0 Å². The van der Waals surface area contributed by atoms with Crippen LogP contribution >= 0.6 is 0 Å². The summed E-state index contributed by atoms with van der Waals surface area (Å²) in [6.07, 6.45) is 8.52. The lowest BCUT2D eigenvalue weighted by Crippen LogP contribution is -2.28. The normalized spacial score (nSPS) is 24.4. The Labute approximate surface area is 133 Å². The number of carbonyl (C=O) groups is 2. The number of hydrogen-bond donors (Lipinski definition) is 2. The zero-order valence-electron chi connectivity index (χ0n) is 13.4. The Morgan fingerprint density at radius 3 is 2.45 bits per heavy atom. The summed E-state index contributed by atoms with van der Waals surface area (Å²) in [5.74, 6) is -2.06. The van der Waals surface area contributed by atoms with Crippen molar-refractivity contribution in [3.05, 3.63) is 23.8 Å². The Bertz CT molecular complexity index is 451. The highest BCUT2D eigenvalue weighted by Crippen LogP contribution is 2.31. The SMILES string of the molecule is CC1(C(=O)O)C=CC=C(C(=O)O)C1.CCCO[SiH]1CCCC1. The number of carboxylic acid groups (broad SMARTS) is 2. The molecular weight excluding hydrogens is 300 g/mol. The highest BCUT2D eigenvalue weighted by Gasteiger charge is 2.34. The highest BCUT2D eigenvalue weighted by molar-refractivity contribution is 6.52. The third kappa shape index (κ3) is 5.77. The van der Waals surface area contributed by atoms with Crippen molar-refractivity contribution in [3.8, 4) is 0 Å². The van der Waals surface area contributed by atoms with Gasteiger partial charge in [-0.2, -0.15) is 0 Å². The van der Waals surface area contributed by atoms with Gasteiger partial charge in [-0.15, -0.1) is 0 Å². The molecule has 0 saturated carbocycles. The van der Waals surface area contributed by atoms with Gasteiger partial charge in [0.25, 0.3) is 0 Å². The zero-order chi connectivity index (χ0) is 16.6. The number of hydrogen-bond acceptors (Lipinski definition) is 3. The molecule has 0 bridgehead atoms. The third-order valence-electron chi connectivity index (χ3n) is 3.94. The largest absolute Gasteiger partial charge is 0.481 e. The molecule has 6 heteroatoms. The maximum atomic E-state index is 10.8. The fraction of sp³-hybridized carbons (Fsp3) is 0.625. The molecule has 124 valence electrons. The minimum absolute atomic E-state index is 0.0359. The second kappa shape index (κ2) is 8.90. The Balaban J connectivity index is 0.000000235. The van der Waals surface area contributed by atoms with E-state index < -0.39 is 26.4 Å². The summed E-state index contributed by atoms with van der Waals surface area (Å²) in [6, 6.07) is 2.89. The average molecular weight is 326 g/mol. The van der Waals surface area contributed by atoms with E-state index in [4.69, 9.17) is 14.6 Å². The van der Waals surface area contributed by atoms with Crippen LogP contribution in [0.25, 0.3) is 0 Å². The van der Waals surface area contributed by atoms with Gasteiger partial charge in [-0.3, -0.25) is 4.79 Å². The van der Waals surface area contributed by atoms with Crippen molar-refractivity contribution >= 4 is 21.0 Å². The first-order chi connectivity index (χ1) is 10.4. The van der Waals surface area contributed by atoms with Crippen molar-refractivity contribution in [2.45, 2.75) is 51.6 Å². The minimum atomic E-state index is -1.08. The summed E-state index contributed by atoms with van der Waals surface area (Å²) < 4.78 is 5.69. The summed E-state index contributed by atoms with van der Waals surface area (Å²) >= 11 is 0. The van der Waals surface area contributed by atoms with E-state index in [1.54, 1.807) is 0 Å². The molecule has 1 fully saturated rings. The number of aliphatic carboxylic acids is 2. The molecule has 0 aromatic heterocycles. The van der Waals surface area contributed by atoms with Crippen LogP contribution in [0.5, 0.6) is 0 Å². The number of carboxylic acids is 2. The fourth-order valence-corrected chi connectivity index (χ4v) is 5.20. The maximum absolute atomic E-state index is 10.8. The van der Waals surface area contributed by atoms with Crippen molar-refractivity contribution in [1.29, 1.82) is 0 Å². The predicted molar refractivity (Wildman–Crippen MR) is 87.5 cm³/mol. The molecule has 2 aliphatic rings. The van der Waals surface area contributed by atoms with Crippen molar-refractivity contribution in [2.24, 2.45) is 5.41 Å². The quantitative estimate of drug-likeness (QED) is 0.759. The van der Waals surface area contributed by atoms with E-state index in [1.807, 2.05) is 0 Å². The summed E-state index contributed by atoms with van der Waals surface area (Å²) in [7, 11) is -0.599. The third-order valence-corrected chi connectivity index (χ3v) is 6.75. The fourth-order valence-electron chi connectivity index (χ4n) is 2.52. The molecule has 0 amide bonds. The lowest BCUT2D eigenvalue weighted by molar-refractivity contribution is -0.145. The average Bonchev–Trinajstić information content (AvgIpc) is 2.99. The van der Waals surface area contributed by atoms with Crippen LogP contribution in [0.1, 0.15) is 39.5 Å². The second-order valence-electron chi connectivity index (χ2n) is 6.03. The lowest BCUT2D eigenvalue weighted by atomic mass is 9.80. The van der Waals surface area contributed by atoms with E-state index in [0.717, 1.165) is 6.61 Å². The van der Waals surface area contributed by atoms with Crippen LogP contribution < -0.4 is 0 Å². The topological polar surface area (TPSA) is 83.8 Å². The minimum Gasteiger partial charge on any atom is -0.481 e. The summed E-state index contributed by atoms with van der Waals surface area (Å²) in [5.41, 5.74) is -0.949. The van der Waals surface area contributed by atoms with Gasteiger partial charge in [-0.1, -0.05) is 38.0 Å². The van der Waals surface area contributed by atoms with Crippen LogP contribution in [0.15, 0.2) is 23.8 Å². The molecule has 1 saturated heterocycles. The summed E-state index contributed by atoms with van der Waals surface area (Å²) in [6.45, 7) is 4.71. The molecule has 5 nitrogen and oxygen atoms in total. The smallest absolute Gasteiger partial charge is 0.331 e. The molecule has 0 aromatic carbocycles. The Hall–Kier alpha value is -1.40. The monoisotopic (exact) mass is 326 g/mol. The van der Waals surface area contributed by atoms with Gasteiger partial charge >= 0.3 is 11.9 Å². The van der Waals surface area contributed by atoms with E-state index in [2.05, 4.69) is 6.92 Å². The number of rotatable bonds is 5. The molecule has 1 unspecified atom stereocenters. The highest BCUT2D eigenvalue weighted by atomic mass is 28.3. The standard InChI is InChI=1S/C9H10O4.C7H16OSi/c1-9(8(12)13)4-2-3-6(5-9)7(10)11;1-2-5-8-9-6-3-4-7-9/h2-4H,5H2,1H3,(H,10,11)(H,12,13);9H,2-7H2,1H3. The van der Waals surface area contributed by atoms with Gasteiger partial charge in [-0.05, 0) is 31.9 Å². The van der Waals surface area contributed by atoms with Gasteiger partial charge in [-0.25, -0.2) is 4.79 Å². The van der Waals surface area contributed by atoms with Crippen molar-refractivity contribution in [3.63, 3.8) is 0 Å². The summed E-state index contributed by atoms with van der Waals surface area (Å²) in [4.78, 5) is 21.3. The Morgan fingerprint density at radius 1 is 1.32 bits per heavy atom. The predicted octanol–water partition coefficient (Wildman–Crippen LogP) is 2.98. The molecule has 1 atom stereocenters. The molecule has 2 rings (SSSR count).